The topological polar surface area (TPSA) is 128 Å². The van der Waals surface area contributed by atoms with Crippen molar-refractivity contribution in [2.45, 2.75) is 43.5 Å². The lowest BCUT2D eigenvalue weighted by molar-refractivity contribution is -0.121. The Morgan fingerprint density at radius 3 is 2.81 bits per heavy atom. The summed E-state index contributed by atoms with van der Waals surface area (Å²) in [5.74, 6) is 1.52. The van der Waals surface area contributed by atoms with E-state index < -0.39 is 10.0 Å². The second kappa shape index (κ2) is 7.90. The number of pyridine rings is 1. The van der Waals surface area contributed by atoms with Crippen LogP contribution in [0.1, 0.15) is 42.5 Å². The number of sulfonamides is 1. The number of hydrogen-bond donors (Lipinski definition) is 1. The fraction of sp³-hybridized carbons (Fsp3) is 0.333. The van der Waals surface area contributed by atoms with E-state index in [0.717, 1.165) is 24.8 Å². The van der Waals surface area contributed by atoms with Gasteiger partial charge in [-0.05, 0) is 55.7 Å². The Morgan fingerprint density at radius 2 is 2.06 bits per heavy atom. The molecule has 1 aliphatic carbocycles. The van der Waals surface area contributed by atoms with E-state index in [0.29, 0.717) is 23.2 Å². The number of aromatic nitrogens is 3. The van der Waals surface area contributed by atoms with Crippen molar-refractivity contribution in [3.63, 3.8) is 0 Å². The maximum absolute atomic E-state index is 12.9. The molecule has 0 spiro atoms. The van der Waals surface area contributed by atoms with Crippen molar-refractivity contribution in [3.8, 4) is 5.75 Å². The molecule has 1 amide bonds. The van der Waals surface area contributed by atoms with Gasteiger partial charge in [-0.25, -0.2) is 13.4 Å². The molecule has 1 aliphatic heterocycles. The molecule has 1 N–H and O–H groups in total. The number of fused-ring (bicyclic) bond motifs is 1. The molecule has 0 atom stereocenters. The summed E-state index contributed by atoms with van der Waals surface area (Å²) in [4.78, 5) is 22.5. The predicted octanol–water partition coefficient (Wildman–Crippen LogP) is 2.77. The molecule has 0 bridgehead atoms. The standard InChI is InChI=1S/C21H21N5O5S/c1-13-7-8-22-18(9-13)25-32(28,29)15-5-6-17-16(10-15)26(20(27)12-30-17)11-19-23-21(31-24-19)14-3-2-4-14/h5-10,14H,2-4,11-12H2,1H3,(H,22,25). The smallest absolute Gasteiger partial charge is 0.265 e. The lowest BCUT2D eigenvalue weighted by atomic mass is 9.85. The number of carbonyl (C=O) groups is 1. The minimum Gasteiger partial charge on any atom is -0.482 e. The van der Waals surface area contributed by atoms with Crippen LogP contribution in [-0.4, -0.2) is 36.1 Å². The van der Waals surface area contributed by atoms with E-state index in [1.807, 2.05) is 6.92 Å². The molecular formula is C21H21N5O5S. The van der Waals surface area contributed by atoms with Crippen molar-refractivity contribution >= 4 is 27.4 Å². The van der Waals surface area contributed by atoms with Gasteiger partial charge in [0.2, 0.25) is 5.89 Å². The molecule has 1 saturated carbocycles. The minimum atomic E-state index is -3.94. The zero-order chi connectivity index (χ0) is 22.3. The fourth-order valence-electron chi connectivity index (χ4n) is 3.61. The summed E-state index contributed by atoms with van der Waals surface area (Å²) in [6, 6.07) is 7.76. The summed E-state index contributed by atoms with van der Waals surface area (Å²) in [7, 11) is -3.94. The number of ether oxygens (including phenoxy) is 1. The van der Waals surface area contributed by atoms with Gasteiger partial charge in [-0.3, -0.25) is 14.4 Å². The van der Waals surface area contributed by atoms with Crippen molar-refractivity contribution in [3.05, 3.63) is 53.8 Å². The van der Waals surface area contributed by atoms with Crippen LogP contribution in [0, 0.1) is 6.92 Å². The molecule has 2 aromatic heterocycles. The van der Waals surface area contributed by atoms with Gasteiger partial charge in [0.15, 0.2) is 12.4 Å². The number of nitrogens with one attached hydrogen (secondary N) is 1. The Hall–Kier alpha value is -3.47. The number of benzene rings is 1. The van der Waals surface area contributed by atoms with Crippen molar-refractivity contribution in [2.24, 2.45) is 0 Å². The van der Waals surface area contributed by atoms with Crippen LogP contribution in [0.3, 0.4) is 0 Å². The highest BCUT2D eigenvalue weighted by Crippen LogP contribution is 2.37. The van der Waals surface area contributed by atoms with Gasteiger partial charge in [-0.1, -0.05) is 11.6 Å². The van der Waals surface area contributed by atoms with Crippen molar-refractivity contribution < 1.29 is 22.5 Å². The van der Waals surface area contributed by atoms with Gasteiger partial charge in [0.05, 0.1) is 17.1 Å². The third kappa shape index (κ3) is 3.91. The first-order valence-corrected chi connectivity index (χ1v) is 11.7. The SMILES string of the molecule is Cc1ccnc(NS(=O)(=O)c2ccc3c(c2)N(Cc2noc(C4CCC4)n2)C(=O)CO3)c1. The van der Waals surface area contributed by atoms with Gasteiger partial charge < -0.3 is 9.26 Å². The van der Waals surface area contributed by atoms with Crippen LogP contribution in [-0.2, 0) is 21.4 Å². The van der Waals surface area contributed by atoms with Gasteiger partial charge in [0, 0.05) is 12.1 Å². The first kappa shape index (κ1) is 20.4. The molecule has 10 nitrogen and oxygen atoms in total. The molecule has 3 aromatic rings. The molecule has 5 rings (SSSR count). The molecule has 0 saturated heterocycles. The molecule has 11 heteroatoms. The average molecular weight is 455 g/mol. The van der Waals surface area contributed by atoms with Gasteiger partial charge in [0.1, 0.15) is 11.6 Å². The lowest BCUT2D eigenvalue weighted by Crippen LogP contribution is -2.38. The third-order valence-electron chi connectivity index (χ3n) is 5.58. The van der Waals surface area contributed by atoms with E-state index in [2.05, 4.69) is 19.8 Å². The summed E-state index contributed by atoms with van der Waals surface area (Å²) in [6.07, 6.45) is 4.70. The number of amides is 1. The monoisotopic (exact) mass is 455 g/mol. The van der Waals surface area contributed by atoms with Crippen molar-refractivity contribution in [1.29, 1.82) is 0 Å². The Bertz CT molecular complexity index is 1290. The van der Waals surface area contributed by atoms with Crippen LogP contribution in [0.15, 0.2) is 45.9 Å². The maximum Gasteiger partial charge on any atom is 0.265 e. The van der Waals surface area contributed by atoms with Gasteiger partial charge in [-0.2, -0.15) is 4.98 Å². The molecule has 32 heavy (non-hydrogen) atoms. The lowest BCUT2D eigenvalue weighted by Gasteiger charge is -2.28. The van der Waals surface area contributed by atoms with Crippen molar-refractivity contribution in [2.75, 3.05) is 16.2 Å². The molecule has 166 valence electrons. The molecular weight excluding hydrogens is 434 g/mol. The van der Waals surface area contributed by atoms with Crippen LogP contribution in [0.5, 0.6) is 5.75 Å². The van der Waals surface area contributed by atoms with Crippen LogP contribution in [0.2, 0.25) is 0 Å². The largest absolute Gasteiger partial charge is 0.482 e. The van der Waals surface area contributed by atoms with Gasteiger partial charge in [0.25, 0.3) is 15.9 Å². The first-order valence-electron chi connectivity index (χ1n) is 10.2. The maximum atomic E-state index is 12.9. The summed E-state index contributed by atoms with van der Waals surface area (Å²) in [6.45, 7) is 1.74. The predicted molar refractivity (Wildman–Crippen MR) is 114 cm³/mol. The number of aryl methyl sites for hydroxylation is 1. The molecule has 1 fully saturated rings. The highest BCUT2D eigenvalue weighted by molar-refractivity contribution is 7.92. The molecule has 1 aromatic carbocycles. The summed E-state index contributed by atoms with van der Waals surface area (Å²) in [5, 5.41) is 4.00. The number of hydrogen-bond acceptors (Lipinski definition) is 8. The number of carbonyl (C=O) groups excluding carboxylic acids is 1. The van der Waals surface area contributed by atoms with E-state index in [1.165, 1.54) is 29.3 Å². The number of rotatable bonds is 6. The Labute approximate surface area is 184 Å². The summed E-state index contributed by atoms with van der Waals surface area (Å²) < 4.78 is 39.2. The highest BCUT2D eigenvalue weighted by Gasteiger charge is 2.31. The van der Waals surface area contributed by atoms with Gasteiger partial charge >= 0.3 is 0 Å². The molecule has 2 aliphatic rings. The van der Waals surface area contributed by atoms with E-state index in [4.69, 9.17) is 9.26 Å². The zero-order valence-electron chi connectivity index (χ0n) is 17.3. The minimum absolute atomic E-state index is 0.0221. The van der Waals surface area contributed by atoms with E-state index in [9.17, 15) is 13.2 Å². The third-order valence-corrected chi connectivity index (χ3v) is 6.93. The zero-order valence-corrected chi connectivity index (χ0v) is 18.1. The Kier molecular flexibility index (Phi) is 5.04. The summed E-state index contributed by atoms with van der Waals surface area (Å²) in [5.41, 5.74) is 1.20. The Balaban J connectivity index is 1.43. The van der Waals surface area contributed by atoms with Crippen molar-refractivity contribution in [1.82, 2.24) is 15.1 Å². The number of nitrogens with zero attached hydrogens (tertiary/aromatic N) is 4. The molecule has 0 unspecified atom stereocenters. The van der Waals surface area contributed by atoms with E-state index in [1.54, 1.807) is 12.1 Å². The second-order valence-corrected chi connectivity index (χ2v) is 9.58. The molecule has 3 heterocycles. The van der Waals surface area contributed by atoms with Crippen LogP contribution in [0.4, 0.5) is 11.5 Å². The first-order chi connectivity index (χ1) is 15.4. The normalized spacial score (nSPS) is 16.3. The second-order valence-electron chi connectivity index (χ2n) is 7.90. The highest BCUT2D eigenvalue weighted by atomic mass is 32.2. The van der Waals surface area contributed by atoms with E-state index in [-0.39, 0.29) is 35.7 Å². The van der Waals surface area contributed by atoms with E-state index >= 15 is 0 Å². The van der Waals surface area contributed by atoms with Crippen LogP contribution in [0.25, 0.3) is 0 Å². The number of anilines is 2. The fourth-order valence-corrected chi connectivity index (χ4v) is 4.62. The average Bonchev–Trinajstić information content (AvgIpc) is 3.16. The quantitative estimate of drug-likeness (QED) is 0.601. The van der Waals surface area contributed by atoms with Gasteiger partial charge in [-0.15, -0.1) is 0 Å². The summed E-state index contributed by atoms with van der Waals surface area (Å²) >= 11 is 0. The Morgan fingerprint density at radius 1 is 1.22 bits per heavy atom. The molecule has 0 radical (unpaired) electrons. The van der Waals surface area contributed by atoms with Crippen LogP contribution >= 0.6 is 0 Å². The van der Waals surface area contributed by atoms with Crippen LogP contribution < -0.4 is 14.4 Å².